The lowest BCUT2D eigenvalue weighted by atomic mass is 9.77. The number of allylic oxidation sites excluding steroid dienone is 1. The summed E-state index contributed by atoms with van der Waals surface area (Å²) in [5.41, 5.74) is 7.39. The van der Waals surface area contributed by atoms with E-state index in [4.69, 9.17) is 4.74 Å². The van der Waals surface area contributed by atoms with E-state index in [0.717, 1.165) is 43.7 Å². The molecule has 0 amide bonds. The normalized spacial score (nSPS) is 22.5. The van der Waals surface area contributed by atoms with Crippen molar-refractivity contribution in [1.29, 1.82) is 0 Å². The third-order valence-corrected chi connectivity index (χ3v) is 8.02. The van der Waals surface area contributed by atoms with Crippen molar-refractivity contribution >= 4 is 11.6 Å². The number of rotatable bonds is 5. The summed E-state index contributed by atoms with van der Waals surface area (Å²) in [6, 6.07) is 19.8. The topological polar surface area (TPSA) is 52.9 Å². The van der Waals surface area contributed by atoms with E-state index in [1.807, 2.05) is 30.3 Å². The van der Waals surface area contributed by atoms with Gasteiger partial charge in [-0.3, -0.25) is 4.90 Å². The fourth-order valence-electron chi connectivity index (χ4n) is 6.36. The Bertz CT molecular complexity index is 1270. The number of aromatic hydroxyl groups is 2. The van der Waals surface area contributed by atoms with E-state index in [1.165, 1.54) is 60.2 Å². The predicted molar refractivity (Wildman–Crippen MR) is 140 cm³/mol. The van der Waals surface area contributed by atoms with Gasteiger partial charge in [0.1, 0.15) is 23.9 Å². The number of phenolic OH excluding ortho intramolecular Hbond substituents is 2. The third kappa shape index (κ3) is 4.43. The lowest BCUT2D eigenvalue weighted by molar-refractivity contribution is 0.183. The minimum atomic E-state index is -0.0453. The molecule has 1 heterocycles. The van der Waals surface area contributed by atoms with Gasteiger partial charge in [0.05, 0.1) is 0 Å². The highest BCUT2D eigenvalue weighted by molar-refractivity contribution is 5.90. The van der Waals surface area contributed by atoms with Crippen LogP contribution >= 0.6 is 0 Å². The predicted octanol–water partition coefficient (Wildman–Crippen LogP) is 5.84. The van der Waals surface area contributed by atoms with Gasteiger partial charge in [-0.1, -0.05) is 36.8 Å². The summed E-state index contributed by atoms with van der Waals surface area (Å²) in [4.78, 5) is 2.51. The molecule has 2 aliphatic carbocycles. The second kappa shape index (κ2) is 9.09. The SMILES string of the molecule is Oc1cccc(C=C2c3ccc(O)cc3CC23Cc2ccc(OCCN4CCCCC4)cc2C3)c1. The summed E-state index contributed by atoms with van der Waals surface area (Å²) in [6.07, 6.45) is 9.02. The number of benzene rings is 3. The Hall–Kier alpha value is -3.24. The quantitative estimate of drug-likeness (QED) is 0.495. The van der Waals surface area contributed by atoms with Gasteiger partial charge in [0.15, 0.2) is 0 Å². The molecular weight excluding hydrogens is 434 g/mol. The molecule has 1 aliphatic heterocycles. The Morgan fingerprint density at radius 1 is 0.800 bits per heavy atom. The molecule has 35 heavy (non-hydrogen) atoms. The van der Waals surface area contributed by atoms with Gasteiger partial charge in [0.25, 0.3) is 0 Å². The first kappa shape index (κ1) is 22.2. The van der Waals surface area contributed by atoms with E-state index < -0.39 is 0 Å². The summed E-state index contributed by atoms with van der Waals surface area (Å²) < 4.78 is 6.18. The van der Waals surface area contributed by atoms with Gasteiger partial charge in [0.2, 0.25) is 0 Å². The van der Waals surface area contributed by atoms with Crippen molar-refractivity contribution in [3.05, 3.63) is 88.5 Å². The van der Waals surface area contributed by atoms with E-state index in [2.05, 4.69) is 29.2 Å². The van der Waals surface area contributed by atoms with Gasteiger partial charge in [-0.2, -0.15) is 0 Å². The van der Waals surface area contributed by atoms with Crippen LogP contribution in [0.3, 0.4) is 0 Å². The van der Waals surface area contributed by atoms with Crippen LogP contribution in [0.2, 0.25) is 0 Å². The van der Waals surface area contributed by atoms with Crippen molar-refractivity contribution in [2.75, 3.05) is 26.2 Å². The molecule has 4 heteroatoms. The van der Waals surface area contributed by atoms with Gasteiger partial charge >= 0.3 is 0 Å². The van der Waals surface area contributed by atoms with E-state index in [0.29, 0.717) is 5.75 Å². The number of piperidine rings is 1. The van der Waals surface area contributed by atoms with Crippen LogP contribution < -0.4 is 4.74 Å². The molecule has 3 aromatic carbocycles. The zero-order chi connectivity index (χ0) is 23.8. The molecule has 0 bridgehead atoms. The highest BCUT2D eigenvalue weighted by Gasteiger charge is 2.46. The van der Waals surface area contributed by atoms with Crippen molar-refractivity contribution in [2.45, 2.75) is 38.5 Å². The first-order chi connectivity index (χ1) is 17.1. The number of fused-ring (bicyclic) bond motifs is 2. The van der Waals surface area contributed by atoms with E-state index >= 15 is 0 Å². The summed E-state index contributed by atoms with van der Waals surface area (Å²) in [5, 5.41) is 20.2. The number of hydrogen-bond donors (Lipinski definition) is 2. The van der Waals surface area contributed by atoms with Gasteiger partial charge in [-0.05, 0) is 115 Å². The summed E-state index contributed by atoms with van der Waals surface area (Å²) in [6.45, 7) is 4.12. The Labute approximate surface area is 207 Å². The molecule has 0 saturated carbocycles. The molecule has 1 fully saturated rings. The van der Waals surface area contributed by atoms with Crippen LogP contribution in [0.4, 0.5) is 0 Å². The Balaban J connectivity index is 1.26. The number of ether oxygens (including phenoxy) is 1. The molecule has 3 aromatic rings. The van der Waals surface area contributed by atoms with Crippen LogP contribution in [0.5, 0.6) is 17.2 Å². The summed E-state index contributed by atoms with van der Waals surface area (Å²) >= 11 is 0. The first-order valence-corrected chi connectivity index (χ1v) is 12.9. The fraction of sp³-hybridized carbons (Fsp3) is 0.355. The van der Waals surface area contributed by atoms with Crippen LogP contribution in [0, 0.1) is 5.41 Å². The lowest BCUT2D eigenvalue weighted by Crippen LogP contribution is -2.33. The largest absolute Gasteiger partial charge is 0.508 e. The monoisotopic (exact) mass is 467 g/mol. The van der Waals surface area contributed by atoms with Crippen LogP contribution in [0.25, 0.3) is 11.6 Å². The number of nitrogens with zero attached hydrogens (tertiary/aromatic N) is 1. The van der Waals surface area contributed by atoms with E-state index in [9.17, 15) is 10.2 Å². The number of phenols is 2. The minimum Gasteiger partial charge on any atom is -0.508 e. The van der Waals surface area contributed by atoms with E-state index in [-0.39, 0.29) is 11.2 Å². The van der Waals surface area contributed by atoms with Crippen LogP contribution in [0.1, 0.15) is 47.1 Å². The molecule has 1 unspecified atom stereocenters. The van der Waals surface area contributed by atoms with Gasteiger partial charge in [-0.25, -0.2) is 0 Å². The third-order valence-electron chi connectivity index (χ3n) is 8.02. The Kier molecular flexibility index (Phi) is 5.77. The molecule has 0 radical (unpaired) electrons. The fourth-order valence-corrected chi connectivity index (χ4v) is 6.36. The number of likely N-dealkylation sites (tertiary alicyclic amines) is 1. The molecule has 2 N–H and O–H groups in total. The zero-order valence-electron chi connectivity index (χ0n) is 20.2. The lowest BCUT2D eigenvalue weighted by Gasteiger charge is -2.26. The molecule has 1 saturated heterocycles. The van der Waals surface area contributed by atoms with Gasteiger partial charge in [-0.15, -0.1) is 0 Å². The smallest absolute Gasteiger partial charge is 0.119 e. The van der Waals surface area contributed by atoms with Crippen LogP contribution in [-0.2, 0) is 19.3 Å². The minimum absolute atomic E-state index is 0.0453. The van der Waals surface area contributed by atoms with Gasteiger partial charge < -0.3 is 14.9 Å². The zero-order valence-corrected chi connectivity index (χ0v) is 20.2. The first-order valence-electron chi connectivity index (χ1n) is 12.9. The standard InChI is InChI=1S/C31H33NO3/c33-26-6-4-5-22(15-26)16-30-29-10-8-27(34)17-25(29)21-31(30)19-23-7-9-28(18-24(23)20-31)35-14-13-32-11-2-1-3-12-32/h4-10,15-18,33-34H,1-3,11-14,19-21H2. The molecular formula is C31H33NO3. The highest BCUT2D eigenvalue weighted by Crippen LogP contribution is 2.55. The molecule has 4 nitrogen and oxygen atoms in total. The maximum absolute atomic E-state index is 10.2. The molecule has 6 rings (SSSR count). The molecule has 0 aromatic heterocycles. The maximum Gasteiger partial charge on any atom is 0.119 e. The second-order valence-corrected chi connectivity index (χ2v) is 10.5. The van der Waals surface area contributed by atoms with Crippen molar-refractivity contribution < 1.29 is 14.9 Å². The van der Waals surface area contributed by atoms with Crippen LogP contribution in [0.15, 0.2) is 60.7 Å². The van der Waals surface area contributed by atoms with E-state index in [1.54, 1.807) is 12.1 Å². The molecule has 3 aliphatic rings. The summed E-state index contributed by atoms with van der Waals surface area (Å²) in [5.74, 6) is 1.56. The maximum atomic E-state index is 10.2. The van der Waals surface area contributed by atoms with Crippen LogP contribution in [-0.4, -0.2) is 41.4 Å². The Morgan fingerprint density at radius 2 is 1.60 bits per heavy atom. The van der Waals surface area contributed by atoms with Crippen molar-refractivity contribution in [3.8, 4) is 17.2 Å². The van der Waals surface area contributed by atoms with Crippen molar-refractivity contribution in [3.63, 3.8) is 0 Å². The van der Waals surface area contributed by atoms with Crippen molar-refractivity contribution in [1.82, 2.24) is 4.90 Å². The molecule has 180 valence electrons. The molecule has 1 spiro atoms. The molecule has 1 atom stereocenters. The van der Waals surface area contributed by atoms with Gasteiger partial charge in [0, 0.05) is 12.0 Å². The number of hydrogen-bond acceptors (Lipinski definition) is 4. The summed E-state index contributed by atoms with van der Waals surface area (Å²) in [7, 11) is 0. The average Bonchev–Trinajstić information content (AvgIpc) is 3.35. The van der Waals surface area contributed by atoms with Crippen molar-refractivity contribution in [2.24, 2.45) is 5.41 Å². The average molecular weight is 468 g/mol. The highest BCUT2D eigenvalue weighted by atomic mass is 16.5. The second-order valence-electron chi connectivity index (χ2n) is 10.5. The Morgan fingerprint density at radius 3 is 2.46 bits per heavy atom.